The summed E-state index contributed by atoms with van der Waals surface area (Å²) in [6, 6.07) is 4.88. The normalized spacial score (nSPS) is 22.8. The van der Waals surface area contributed by atoms with Crippen LogP contribution in [0.2, 0.25) is 0 Å². The molecule has 2 saturated heterocycles. The number of nitrogens with zero attached hydrogens (tertiary/aromatic N) is 2. The van der Waals surface area contributed by atoms with Gasteiger partial charge in [-0.25, -0.2) is 8.42 Å². The van der Waals surface area contributed by atoms with Gasteiger partial charge in [-0.3, -0.25) is 4.79 Å². The number of amides is 1. The van der Waals surface area contributed by atoms with Crippen molar-refractivity contribution in [3.05, 3.63) is 29.3 Å². The van der Waals surface area contributed by atoms with E-state index >= 15 is 0 Å². The Morgan fingerprint density at radius 3 is 2.52 bits per heavy atom. The molecular formula is C18H27N3O3S. The van der Waals surface area contributed by atoms with Crippen molar-refractivity contribution >= 4 is 15.9 Å². The minimum atomic E-state index is -3.54. The third-order valence-electron chi connectivity index (χ3n) is 5.14. The van der Waals surface area contributed by atoms with Crippen molar-refractivity contribution in [1.29, 1.82) is 0 Å². The molecular weight excluding hydrogens is 338 g/mol. The monoisotopic (exact) mass is 365 g/mol. The number of nitrogens with two attached hydrogens (primary N) is 1. The fourth-order valence-corrected chi connectivity index (χ4v) is 5.15. The molecule has 2 aliphatic heterocycles. The standard InChI is InChI=1S/C18H27N3O3S/c1-14-7-8-16(25(23,24)21-10-3-2-4-11-21)12-17(14)18(22)20-9-5-6-15(19)13-20/h7-8,12,15H,2-6,9-11,13,19H2,1H3. The number of carbonyl (C=O) groups is 1. The maximum absolute atomic E-state index is 12.9. The lowest BCUT2D eigenvalue weighted by molar-refractivity contribution is 0.0708. The number of rotatable bonds is 3. The van der Waals surface area contributed by atoms with Crippen LogP contribution in [-0.2, 0) is 10.0 Å². The van der Waals surface area contributed by atoms with Crippen molar-refractivity contribution < 1.29 is 13.2 Å². The number of sulfonamides is 1. The third-order valence-corrected chi connectivity index (χ3v) is 7.03. The topological polar surface area (TPSA) is 83.7 Å². The molecule has 0 radical (unpaired) electrons. The molecule has 2 aliphatic rings. The molecule has 1 unspecified atom stereocenters. The Balaban J connectivity index is 1.88. The lowest BCUT2D eigenvalue weighted by atomic mass is 10.0. The second-order valence-corrected chi connectivity index (χ2v) is 9.03. The zero-order valence-corrected chi connectivity index (χ0v) is 15.6. The van der Waals surface area contributed by atoms with Gasteiger partial charge in [0.15, 0.2) is 0 Å². The Labute approximate surface area is 150 Å². The molecule has 0 saturated carbocycles. The Kier molecular flexibility index (Phi) is 5.46. The quantitative estimate of drug-likeness (QED) is 0.884. The third kappa shape index (κ3) is 3.88. The predicted octanol–water partition coefficient (Wildman–Crippen LogP) is 1.73. The van der Waals surface area contributed by atoms with Crippen molar-refractivity contribution in [2.75, 3.05) is 26.2 Å². The first-order valence-electron chi connectivity index (χ1n) is 9.05. The number of benzene rings is 1. The summed E-state index contributed by atoms with van der Waals surface area (Å²) in [5.41, 5.74) is 7.24. The first-order valence-corrected chi connectivity index (χ1v) is 10.5. The van der Waals surface area contributed by atoms with Gasteiger partial charge in [0.2, 0.25) is 10.0 Å². The number of likely N-dealkylation sites (tertiary alicyclic amines) is 1. The van der Waals surface area contributed by atoms with Crippen LogP contribution >= 0.6 is 0 Å². The molecule has 25 heavy (non-hydrogen) atoms. The maximum Gasteiger partial charge on any atom is 0.254 e. The van der Waals surface area contributed by atoms with Gasteiger partial charge >= 0.3 is 0 Å². The van der Waals surface area contributed by atoms with Crippen LogP contribution in [0.1, 0.15) is 48.0 Å². The van der Waals surface area contributed by atoms with Crippen molar-refractivity contribution in [2.24, 2.45) is 5.73 Å². The highest BCUT2D eigenvalue weighted by atomic mass is 32.2. The van der Waals surface area contributed by atoms with Crippen LogP contribution in [-0.4, -0.2) is 55.8 Å². The molecule has 7 heteroatoms. The van der Waals surface area contributed by atoms with Crippen LogP contribution in [0.3, 0.4) is 0 Å². The summed E-state index contributed by atoms with van der Waals surface area (Å²) in [7, 11) is -3.54. The Morgan fingerprint density at radius 1 is 1.12 bits per heavy atom. The highest BCUT2D eigenvalue weighted by Crippen LogP contribution is 2.24. The van der Waals surface area contributed by atoms with E-state index in [1.54, 1.807) is 23.1 Å². The Morgan fingerprint density at radius 2 is 1.84 bits per heavy atom. The van der Waals surface area contributed by atoms with E-state index < -0.39 is 10.0 Å². The minimum Gasteiger partial charge on any atom is -0.337 e. The van der Waals surface area contributed by atoms with E-state index in [1.165, 1.54) is 4.31 Å². The van der Waals surface area contributed by atoms with Gasteiger partial charge in [-0.1, -0.05) is 12.5 Å². The molecule has 6 nitrogen and oxygen atoms in total. The average molecular weight is 365 g/mol. The van der Waals surface area contributed by atoms with Crippen molar-refractivity contribution in [1.82, 2.24) is 9.21 Å². The SMILES string of the molecule is Cc1ccc(S(=O)(=O)N2CCCCC2)cc1C(=O)N1CCCC(N)C1. The zero-order valence-electron chi connectivity index (χ0n) is 14.8. The second-order valence-electron chi connectivity index (χ2n) is 7.09. The number of aryl methyl sites for hydroxylation is 1. The van der Waals surface area contributed by atoms with E-state index in [2.05, 4.69) is 0 Å². The molecule has 2 heterocycles. The first-order chi connectivity index (χ1) is 11.9. The molecule has 138 valence electrons. The minimum absolute atomic E-state index is 0.00160. The van der Waals surface area contributed by atoms with E-state index in [0.29, 0.717) is 31.7 Å². The van der Waals surface area contributed by atoms with Crippen LogP contribution in [0, 0.1) is 6.92 Å². The summed E-state index contributed by atoms with van der Waals surface area (Å²) < 4.78 is 27.3. The number of hydrogen-bond donors (Lipinski definition) is 1. The smallest absolute Gasteiger partial charge is 0.254 e. The van der Waals surface area contributed by atoms with Crippen LogP contribution < -0.4 is 5.73 Å². The molecule has 0 aromatic heterocycles. The molecule has 0 aliphatic carbocycles. The number of carbonyl (C=O) groups excluding carboxylic acids is 1. The zero-order chi connectivity index (χ0) is 18.0. The van der Waals surface area contributed by atoms with Crippen molar-refractivity contribution in [3.63, 3.8) is 0 Å². The maximum atomic E-state index is 12.9. The van der Waals surface area contributed by atoms with E-state index in [9.17, 15) is 13.2 Å². The van der Waals surface area contributed by atoms with Crippen LogP contribution in [0.15, 0.2) is 23.1 Å². The molecule has 1 amide bonds. The van der Waals surface area contributed by atoms with E-state index in [4.69, 9.17) is 5.73 Å². The van der Waals surface area contributed by atoms with Gasteiger partial charge < -0.3 is 10.6 Å². The average Bonchev–Trinajstić information content (AvgIpc) is 2.62. The molecule has 1 atom stereocenters. The molecule has 3 rings (SSSR count). The second kappa shape index (κ2) is 7.43. The highest BCUT2D eigenvalue weighted by molar-refractivity contribution is 7.89. The summed E-state index contributed by atoms with van der Waals surface area (Å²) in [4.78, 5) is 14.8. The van der Waals surface area contributed by atoms with Gasteiger partial charge in [-0.15, -0.1) is 0 Å². The summed E-state index contributed by atoms with van der Waals surface area (Å²) >= 11 is 0. The number of piperidine rings is 2. The number of hydrogen-bond acceptors (Lipinski definition) is 4. The lowest BCUT2D eigenvalue weighted by Crippen LogP contribution is -2.46. The van der Waals surface area contributed by atoms with Crippen LogP contribution in [0.25, 0.3) is 0 Å². The van der Waals surface area contributed by atoms with E-state index in [1.807, 2.05) is 6.92 Å². The summed E-state index contributed by atoms with van der Waals surface area (Å²) in [5.74, 6) is -0.122. The Hall–Kier alpha value is -1.44. The van der Waals surface area contributed by atoms with Crippen molar-refractivity contribution in [2.45, 2.75) is 50.0 Å². The first kappa shape index (κ1) is 18.4. The Bertz CT molecular complexity index is 742. The summed E-state index contributed by atoms with van der Waals surface area (Å²) in [5, 5.41) is 0. The van der Waals surface area contributed by atoms with Gasteiger partial charge in [0, 0.05) is 37.8 Å². The van der Waals surface area contributed by atoms with Gasteiger partial charge in [-0.2, -0.15) is 4.31 Å². The van der Waals surface area contributed by atoms with Gasteiger partial charge in [-0.05, 0) is 50.3 Å². The van der Waals surface area contributed by atoms with Crippen LogP contribution in [0.5, 0.6) is 0 Å². The van der Waals surface area contributed by atoms with Gasteiger partial charge in [0.1, 0.15) is 0 Å². The molecule has 1 aromatic carbocycles. The fraction of sp³-hybridized carbons (Fsp3) is 0.611. The summed E-state index contributed by atoms with van der Waals surface area (Å²) in [6.07, 6.45) is 4.66. The van der Waals surface area contributed by atoms with Gasteiger partial charge in [0.05, 0.1) is 4.90 Å². The predicted molar refractivity (Wildman–Crippen MR) is 96.9 cm³/mol. The van der Waals surface area contributed by atoms with E-state index in [-0.39, 0.29) is 16.8 Å². The van der Waals surface area contributed by atoms with Crippen molar-refractivity contribution in [3.8, 4) is 0 Å². The van der Waals surface area contributed by atoms with Crippen LogP contribution in [0.4, 0.5) is 0 Å². The highest BCUT2D eigenvalue weighted by Gasteiger charge is 2.28. The molecule has 0 spiro atoms. The fourth-order valence-electron chi connectivity index (χ4n) is 3.61. The molecule has 2 N–H and O–H groups in total. The lowest BCUT2D eigenvalue weighted by Gasteiger charge is -2.31. The molecule has 1 aromatic rings. The van der Waals surface area contributed by atoms with E-state index in [0.717, 1.165) is 37.7 Å². The molecule has 2 fully saturated rings. The molecule has 0 bridgehead atoms. The largest absolute Gasteiger partial charge is 0.337 e. The van der Waals surface area contributed by atoms with Gasteiger partial charge in [0.25, 0.3) is 5.91 Å². The summed E-state index contributed by atoms with van der Waals surface area (Å²) in [6.45, 7) is 4.16.